The largest absolute Gasteiger partial charge is 0.272 e. The van der Waals surface area contributed by atoms with Crippen molar-refractivity contribution in [3.8, 4) is 11.1 Å². The Kier molecular flexibility index (Phi) is 7.29. The number of hydrogen-bond donors (Lipinski definition) is 1. The molecule has 1 amide bonds. The van der Waals surface area contributed by atoms with Crippen LogP contribution in [0.25, 0.3) is 11.1 Å². The number of hydrazone groups is 1. The number of benzene rings is 3. The molecule has 0 atom stereocenters. The molecule has 3 rings (SSSR count). The SMILES string of the molecule is CC(=NNC(=O)CSc1cc(C)c(Br)cc1C)c1ccc(-c2ccccc2)cc1. The zero-order valence-electron chi connectivity index (χ0n) is 16.7. The van der Waals surface area contributed by atoms with Gasteiger partial charge >= 0.3 is 0 Å². The molecular weight excluding hydrogens is 444 g/mol. The Labute approximate surface area is 184 Å². The van der Waals surface area contributed by atoms with Crippen LogP contribution in [0.4, 0.5) is 0 Å². The Hall–Kier alpha value is -2.37. The Balaban J connectivity index is 1.58. The summed E-state index contributed by atoms with van der Waals surface area (Å²) in [5.74, 6) is 0.210. The number of halogens is 1. The van der Waals surface area contributed by atoms with Crippen LogP contribution in [0.2, 0.25) is 0 Å². The van der Waals surface area contributed by atoms with Gasteiger partial charge < -0.3 is 0 Å². The summed E-state index contributed by atoms with van der Waals surface area (Å²) in [7, 11) is 0. The molecule has 29 heavy (non-hydrogen) atoms. The van der Waals surface area contributed by atoms with Gasteiger partial charge in [-0.1, -0.05) is 70.5 Å². The Bertz CT molecular complexity index is 1030. The average molecular weight is 467 g/mol. The van der Waals surface area contributed by atoms with E-state index in [1.165, 1.54) is 17.3 Å². The van der Waals surface area contributed by atoms with Gasteiger partial charge in [-0.05, 0) is 60.7 Å². The number of nitrogens with zero attached hydrogens (tertiary/aromatic N) is 1. The molecule has 0 spiro atoms. The van der Waals surface area contributed by atoms with E-state index in [1.807, 2.05) is 51.1 Å². The molecule has 0 aliphatic carbocycles. The lowest BCUT2D eigenvalue weighted by Gasteiger charge is -2.08. The van der Waals surface area contributed by atoms with Gasteiger partial charge in [0.2, 0.25) is 5.91 Å². The molecule has 0 bridgehead atoms. The van der Waals surface area contributed by atoms with E-state index in [0.29, 0.717) is 5.75 Å². The molecule has 0 unspecified atom stereocenters. The second kappa shape index (κ2) is 9.90. The average Bonchev–Trinajstić information content (AvgIpc) is 2.74. The second-order valence-electron chi connectivity index (χ2n) is 6.83. The molecule has 0 heterocycles. The summed E-state index contributed by atoms with van der Waals surface area (Å²) >= 11 is 5.06. The van der Waals surface area contributed by atoms with Crippen molar-refractivity contribution >= 4 is 39.3 Å². The zero-order valence-corrected chi connectivity index (χ0v) is 19.1. The van der Waals surface area contributed by atoms with Gasteiger partial charge in [0.25, 0.3) is 0 Å². The Morgan fingerprint density at radius 3 is 2.31 bits per heavy atom. The summed E-state index contributed by atoms with van der Waals surface area (Å²) in [5.41, 5.74) is 9.07. The number of hydrogen-bond acceptors (Lipinski definition) is 3. The molecule has 0 aliphatic heterocycles. The number of carbonyl (C=O) groups excluding carboxylic acids is 1. The van der Waals surface area contributed by atoms with E-state index >= 15 is 0 Å². The molecule has 0 fully saturated rings. The van der Waals surface area contributed by atoms with E-state index in [9.17, 15) is 4.79 Å². The second-order valence-corrected chi connectivity index (χ2v) is 8.70. The fourth-order valence-corrected chi connectivity index (χ4v) is 4.19. The standard InChI is InChI=1S/C24H23BrN2OS/c1-16-14-23(17(2)13-22(16)25)29-15-24(28)27-26-18(3)19-9-11-21(12-10-19)20-7-5-4-6-8-20/h4-14H,15H2,1-3H3,(H,27,28). The maximum Gasteiger partial charge on any atom is 0.250 e. The van der Waals surface area contributed by atoms with Gasteiger partial charge in [0, 0.05) is 9.37 Å². The number of nitrogens with one attached hydrogen (secondary N) is 1. The molecule has 3 aromatic rings. The van der Waals surface area contributed by atoms with Crippen molar-refractivity contribution in [3.63, 3.8) is 0 Å². The number of rotatable bonds is 6. The van der Waals surface area contributed by atoms with E-state index in [-0.39, 0.29) is 5.91 Å². The minimum atomic E-state index is -0.116. The van der Waals surface area contributed by atoms with Crippen LogP contribution in [0.3, 0.4) is 0 Å². The zero-order chi connectivity index (χ0) is 20.8. The molecule has 0 aromatic heterocycles. The summed E-state index contributed by atoms with van der Waals surface area (Å²) < 4.78 is 1.09. The molecule has 5 heteroatoms. The van der Waals surface area contributed by atoms with Crippen LogP contribution in [0.5, 0.6) is 0 Å². The van der Waals surface area contributed by atoms with Crippen LogP contribution in [0.15, 0.2) is 81.2 Å². The van der Waals surface area contributed by atoms with E-state index in [4.69, 9.17) is 0 Å². The lowest BCUT2D eigenvalue weighted by Crippen LogP contribution is -2.21. The lowest BCUT2D eigenvalue weighted by atomic mass is 10.0. The van der Waals surface area contributed by atoms with Crippen molar-refractivity contribution in [1.82, 2.24) is 5.43 Å². The predicted molar refractivity (Wildman–Crippen MR) is 127 cm³/mol. The number of aryl methyl sites for hydroxylation is 2. The minimum absolute atomic E-state index is 0.116. The maximum absolute atomic E-state index is 12.2. The molecule has 0 aliphatic rings. The Morgan fingerprint density at radius 2 is 1.62 bits per heavy atom. The smallest absolute Gasteiger partial charge is 0.250 e. The van der Waals surface area contributed by atoms with Gasteiger partial charge in [0.15, 0.2) is 0 Å². The highest BCUT2D eigenvalue weighted by Crippen LogP contribution is 2.28. The normalized spacial score (nSPS) is 11.4. The fraction of sp³-hybridized carbons (Fsp3) is 0.167. The highest BCUT2D eigenvalue weighted by atomic mass is 79.9. The number of carbonyl (C=O) groups is 1. The first-order valence-electron chi connectivity index (χ1n) is 9.32. The van der Waals surface area contributed by atoms with Crippen LogP contribution in [0, 0.1) is 13.8 Å². The summed E-state index contributed by atoms with van der Waals surface area (Å²) in [4.78, 5) is 13.3. The third kappa shape index (κ3) is 5.81. The predicted octanol–water partition coefficient (Wildman–Crippen LogP) is 6.37. The van der Waals surface area contributed by atoms with Crippen LogP contribution < -0.4 is 5.43 Å². The molecule has 0 saturated carbocycles. The van der Waals surface area contributed by atoms with E-state index in [1.54, 1.807) is 0 Å². The van der Waals surface area contributed by atoms with Gasteiger partial charge in [-0.2, -0.15) is 5.10 Å². The molecule has 1 N–H and O–H groups in total. The summed E-state index contributed by atoms with van der Waals surface area (Å²) in [6.07, 6.45) is 0. The summed E-state index contributed by atoms with van der Waals surface area (Å²) in [5, 5.41) is 4.26. The van der Waals surface area contributed by atoms with Crippen LogP contribution in [-0.4, -0.2) is 17.4 Å². The van der Waals surface area contributed by atoms with Crippen molar-refractivity contribution in [2.45, 2.75) is 25.7 Å². The van der Waals surface area contributed by atoms with Crippen molar-refractivity contribution in [3.05, 3.63) is 87.9 Å². The third-order valence-electron chi connectivity index (χ3n) is 4.57. The quantitative estimate of drug-likeness (QED) is 0.260. The van der Waals surface area contributed by atoms with E-state index in [2.05, 4.69) is 62.9 Å². The van der Waals surface area contributed by atoms with Gasteiger partial charge in [-0.25, -0.2) is 5.43 Å². The van der Waals surface area contributed by atoms with Crippen molar-refractivity contribution in [2.75, 3.05) is 5.75 Å². The highest BCUT2D eigenvalue weighted by Gasteiger charge is 2.07. The first-order chi connectivity index (χ1) is 13.9. The number of amides is 1. The maximum atomic E-state index is 12.2. The first kappa shape index (κ1) is 21.3. The van der Waals surface area contributed by atoms with Crippen LogP contribution in [-0.2, 0) is 4.79 Å². The van der Waals surface area contributed by atoms with Crippen LogP contribution >= 0.6 is 27.7 Å². The van der Waals surface area contributed by atoms with Crippen LogP contribution in [0.1, 0.15) is 23.6 Å². The van der Waals surface area contributed by atoms with Crippen molar-refractivity contribution < 1.29 is 4.79 Å². The fourth-order valence-electron chi connectivity index (χ4n) is 2.83. The summed E-state index contributed by atoms with van der Waals surface area (Å²) in [6, 6.07) is 22.6. The topological polar surface area (TPSA) is 41.5 Å². The monoisotopic (exact) mass is 466 g/mol. The van der Waals surface area contributed by atoms with E-state index in [0.717, 1.165) is 37.3 Å². The van der Waals surface area contributed by atoms with Gasteiger partial charge in [-0.3, -0.25) is 4.79 Å². The van der Waals surface area contributed by atoms with Crippen molar-refractivity contribution in [2.24, 2.45) is 5.10 Å². The lowest BCUT2D eigenvalue weighted by molar-refractivity contribution is -0.118. The minimum Gasteiger partial charge on any atom is -0.272 e. The molecule has 3 nitrogen and oxygen atoms in total. The molecular formula is C24H23BrN2OS. The van der Waals surface area contributed by atoms with Gasteiger partial charge in [0.1, 0.15) is 0 Å². The van der Waals surface area contributed by atoms with Crippen molar-refractivity contribution in [1.29, 1.82) is 0 Å². The Morgan fingerprint density at radius 1 is 0.966 bits per heavy atom. The highest BCUT2D eigenvalue weighted by molar-refractivity contribution is 9.10. The molecule has 148 valence electrons. The summed E-state index contributed by atoms with van der Waals surface area (Å²) in [6.45, 7) is 5.99. The third-order valence-corrected chi connectivity index (χ3v) is 6.58. The van der Waals surface area contributed by atoms with Gasteiger partial charge in [0.05, 0.1) is 11.5 Å². The molecule has 0 saturated heterocycles. The molecule has 3 aromatic carbocycles. The first-order valence-corrected chi connectivity index (χ1v) is 11.1. The van der Waals surface area contributed by atoms with Gasteiger partial charge in [-0.15, -0.1) is 11.8 Å². The number of thioether (sulfide) groups is 1. The van der Waals surface area contributed by atoms with E-state index < -0.39 is 0 Å². The molecule has 0 radical (unpaired) electrons.